The molecular weight excluding hydrogens is 228 g/mol. The van der Waals surface area contributed by atoms with Gasteiger partial charge in [0.2, 0.25) is 0 Å². The molecule has 1 N–H and O–H groups in total. The summed E-state index contributed by atoms with van der Waals surface area (Å²) in [7, 11) is 3.24. The van der Waals surface area contributed by atoms with Gasteiger partial charge in [0.25, 0.3) is 0 Å². The van der Waals surface area contributed by atoms with Gasteiger partial charge < -0.3 is 14.6 Å². The summed E-state index contributed by atoms with van der Waals surface area (Å²) in [6.07, 6.45) is 1.57. The lowest BCUT2D eigenvalue weighted by molar-refractivity contribution is 0.00513. The minimum Gasteiger partial charge on any atom is -0.493 e. The van der Waals surface area contributed by atoms with E-state index in [0.717, 1.165) is 12.0 Å². The molecule has 0 radical (unpaired) electrons. The molecule has 1 aromatic carbocycles. The lowest BCUT2D eigenvalue weighted by Gasteiger charge is -2.30. The van der Waals surface area contributed by atoms with Crippen LogP contribution in [-0.4, -0.2) is 24.9 Å². The Morgan fingerprint density at radius 3 is 2.33 bits per heavy atom. The van der Waals surface area contributed by atoms with Crippen LogP contribution < -0.4 is 9.47 Å². The first-order valence-electron chi connectivity index (χ1n) is 6.37. The van der Waals surface area contributed by atoms with E-state index in [-0.39, 0.29) is 5.92 Å². The van der Waals surface area contributed by atoms with Crippen LogP contribution in [0.2, 0.25) is 0 Å². The van der Waals surface area contributed by atoms with Gasteiger partial charge in [-0.05, 0) is 30.5 Å². The smallest absolute Gasteiger partial charge is 0.160 e. The van der Waals surface area contributed by atoms with Gasteiger partial charge in [-0.1, -0.05) is 26.3 Å². The first-order chi connectivity index (χ1) is 8.44. The fourth-order valence-electron chi connectivity index (χ4n) is 2.02. The van der Waals surface area contributed by atoms with E-state index >= 15 is 0 Å². The van der Waals surface area contributed by atoms with Crippen LogP contribution in [0.4, 0.5) is 0 Å². The molecule has 0 saturated heterocycles. The highest BCUT2D eigenvalue weighted by Gasteiger charge is 2.27. The van der Waals surface area contributed by atoms with Gasteiger partial charge >= 0.3 is 0 Å². The summed E-state index contributed by atoms with van der Waals surface area (Å²) in [6.45, 7) is 6.05. The van der Waals surface area contributed by atoms with Crippen LogP contribution in [-0.2, 0) is 6.42 Å². The molecule has 0 aliphatic carbocycles. The molecule has 0 spiro atoms. The van der Waals surface area contributed by atoms with E-state index in [9.17, 15) is 5.11 Å². The van der Waals surface area contributed by atoms with Crippen molar-refractivity contribution in [3.05, 3.63) is 23.8 Å². The Morgan fingerprint density at radius 2 is 1.83 bits per heavy atom. The quantitative estimate of drug-likeness (QED) is 0.845. The Hall–Kier alpha value is -1.22. The highest BCUT2D eigenvalue weighted by Crippen LogP contribution is 2.31. The molecule has 18 heavy (non-hydrogen) atoms. The molecule has 0 bridgehead atoms. The number of hydrogen-bond acceptors (Lipinski definition) is 3. The molecule has 1 rings (SSSR count). The van der Waals surface area contributed by atoms with Gasteiger partial charge in [0, 0.05) is 6.42 Å². The SMILES string of the molecule is CCC(C)C(C)(O)Cc1ccc(OC)c(OC)c1. The summed E-state index contributed by atoms with van der Waals surface area (Å²) >= 11 is 0. The fraction of sp³-hybridized carbons (Fsp3) is 0.600. The minimum absolute atomic E-state index is 0.255. The lowest BCUT2D eigenvalue weighted by Crippen LogP contribution is -2.34. The minimum atomic E-state index is -0.700. The van der Waals surface area contributed by atoms with Crippen molar-refractivity contribution >= 4 is 0 Å². The average molecular weight is 252 g/mol. The average Bonchev–Trinajstić information content (AvgIpc) is 2.36. The molecule has 0 saturated carbocycles. The summed E-state index contributed by atoms with van der Waals surface area (Å²) in [5.74, 6) is 1.67. The van der Waals surface area contributed by atoms with E-state index in [1.807, 2.05) is 25.1 Å². The molecule has 0 fully saturated rings. The van der Waals surface area contributed by atoms with Crippen LogP contribution in [0.3, 0.4) is 0 Å². The van der Waals surface area contributed by atoms with E-state index in [4.69, 9.17) is 9.47 Å². The monoisotopic (exact) mass is 252 g/mol. The topological polar surface area (TPSA) is 38.7 Å². The van der Waals surface area contributed by atoms with Crippen LogP contribution in [0.15, 0.2) is 18.2 Å². The van der Waals surface area contributed by atoms with Crippen molar-refractivity contribution in [3.8, 4) is 11.5 Å². The summed E-state index contributed by atoms with van der Waals surface area (Å²) in [6, 6.07) is 5.77. The van der Waals surface area contributed by atoms with Crippen molar-refractivity contribution in [3.63, 3.8) is 0 Å². The van der Waals surface area contributed by atoms with Crippen molar-refractivity contribution in [1.82, 2.24) is 0 Å². The molecule has 0 aromatic heterocycles. The Balaban J connectivity index is 2.91. The van der Waals surface area contributed by atoms with Crippen molar-refractivity contribution in [2.24, 2.45) is 5.92 Å². The van der Waals surface area contributed by atoms with E-state index in [2.05, 4.69) is 13.8 Å². The first-order valence-corrected chi connectivity index (χ1v) is 6.37. The largest absolute Gasteiger partial charge is 0.493 e. The number of benzene rings is 1. The molecule has 3 nitrogen and oxygen atoms in total. The highest BCUT2D eigenvalue weighted by atomic mass is 16.5. The van der Waals surface area contributed by atoms with Crippen LogP contribution in [0.5, 0.6) is 11.5 Å². The molecular formula is C15H24O3. The zero-order chi connectivity index (χ0) is 13.8. The number of rotatable bonds is 6. The highest BCUT2D eigenvalue weighted by molar-refractivity contribution is 5.43. The Bertz CT molecular complexity index is 385. The van der Waals surface area contributed by atoms with E-state index in [0.29, 0.717) is 17.9 Å². The van der Waals surface area contributed by atoms with E-state index < -0.39 is 5.60 Å². The van der Waals surface area contributed by atoms with Gasteiger partial charge in [0.05, 0.1) is 19.8 Å². The third kappa shape index (κ3) is 3.39. The third-order valence-electron chi connectivity index (χ3n) is 3.68. The van der Waals surface area contributed by atoms with Crippen molar-refractivity contribution in [2.45, 2.75) is 39.2 Å². The Morgan fingerprint density at radius 1 is 1.22 bits per heavy atom. The zero-order valence-corrected chi connectivity index (χ0v) is 12.0. The summed E-state index contributed by atoms with van der Waals surface area (Å²) in [4.78, 5) is 0. The third-order valence-corrected chi connectivity index (χ3v) is 3.68. The second-order valence-electron chi connectivity index (χ2n) is 5.03. The van der Waals surface area contributed by atoms with Crippen molar-refractivity contribution in [2.75, 3.05) is 14.2 Å². The van der Waals surface area contributed by atoms with Crippen LogP contribution >= 0.6 is 0 Å². The van der Waals surface area contributed by atoms with Crippen LogP contribution in [0.1, 0.15) is 32.8 Å². The predicted octanol–water partition coefficient (Wildman–Crippen LogP) is 3.04. The number of aliphatic hydroxyl groups is 1. The normalized spacial score (nSPS) is 15.9. The molecule has 0 aliphatic heterocycles. The number of hydrogen-bond donors (Lipinski definition) is 1. The second kappa shape index (κ2) is 6.10. The summed E-state index contributed by atoms with van der Waals surface area (Å²) in [5.41, 5.74) is 0.354. The van der Waals surface area contributed by atoms with Gasteiger partial charge in [-0.3, -0.25) is 0 Å². The standard InChI is InChI=1S/C15H24O3/c1-6-11(2)15(3,16)10-12-7-8-13(17-4)14(9-12)18-5/h7-9,11,16H,6,10H2,1-5H3. The molecule has 0 amide bonds. The maximum atomic E-state index is 10.5. The second-order valence-corrected chi connectivity index (χ2v) is 5.03. The molecule has 3 heteroatoms. The summed E-state index contributed by atoms with van der Waals surface area (Å²) in [5, 5.41) is 10.5. The van der Waals surface area contributed by atoms with Gasteiger partial charge in [0.1, 0.15) is 0 Å². The number of methoxy groups -OCH3 is 2. The molecule has 0 aliphatic rings. The van der Waals surface area contributed by atoms with Crippen LogP contribution in [0.25, 0.3) is 0 Å². The predicted molar refractivity (Wildman–Crippen MR) is 73.3 cm³/mol. The lowest BCUT2D eigenvalue weighted by atomic mass is 9.83. The maximum Gasteiger partial charge on any atom is 0.160 e. The van der Waals surface area contributed by atoms with Crippen molar-refractivity contribution in [1.29, 1.82) is 0 Å². The van der Waals surface area contributed by atoms with E-state index in [1.54, 1.807) is 14.2 Å². The first kappa shape index (κ1) is 14.8. The molecule has 1 aromatic rings. The van der Waals surface area contributed by atoms with E-state index in [1.165, 1.54) is 0 Å². The van der Waals surface area contributed by atoms with Crippen molar-refractivity contribution < 1.29 is 14.6 Å². The van der Waals surface area contributed by atoms with Gasteiger partial charge in [0.15, 0.2) is 11.5 Å². The Kier molecular flexibility index (Phi) is 5.03. The van der Waals surface area contributed by atoms with Crippen LogP contribution in [0, 0.1) is 5.92 Å². The van der Waals surface area contributed by atoms with Gasteiger partial charge in [-0.15, -0.1) is 0 Å². The molecule has 2 unspecified atom stereocenters. The maximum absolute atomic E-state index is 10.5. The number of ether oxygens (including phenoxy) is 2. The Labute approximate surface area is 110 Å². The molecule has 0 heterocycles. The fourth-order valence-corrected chi connectivity index (χ4v) is 2.02. The molecule has 2 atom stereocenters. The van der Waals surface area contributed by atoms with Gasteiger partial charge in [-0.25, -0.2) is 0 Å². The molecule has 102 valence electrons. The summed E-state index contributed by atoms with van der Waals surface area (Å²) < 4.78 is 10.5. The van der Waals surface area contributed by atoms with Gasteiger partial charge in [-0.2, -0.15) is 0 Å². The zero-order valence-electron chi connectivity index (χ0n) is 12.0.